The van der Waals surface area contributed by atoms with E-state index in [-0.39, 0.29) is 18.9 Å². The SMILES string of the molecule is CS(=O)(=O)N1CCN(c2cc(-c3ccnc4[nH]ncc34)cc(=O)[nH]2)C(C(F)(F)F)C1. The molecule has 3 aromatic rings. The summed E-state index contributed by atoms with van der Waals surface area (Å²) in [6.45, 7) is -1.11. The zero-order valence-corrected chi connectivity index (χ0v) is 16.5. The highest BCUT2D eigenvalue weighted by atomic mass is 32.2. The minimum Gasteiger partial charge on any atom is -0.344 e. The van der Waals surface area contributed by atoms with Crippen LogP contribution in [-0.4, -0.2) is 71.0 Å². The summed E-state index contributed by atoms with van der Waals surface area (Å²) in [5.41, 5.74) is 0.875. The number of alkyl halides is 3. The minimum atomic E-state index is -4.70. The highest BCUT2D eigenvalue weighted by Crippen LogP contribution is 2.33. The van der Waals surface area contributed by atoms with E-state index in [9.17, 15) is 26.4 Å². The number of halogens is 3. The molecule has 1 aliphatic heterocycles. The molecule has 1 saturated heterocycles. The lowest BCUT2D eigenvalue weighted by Gasteiger charge is -2.42. The fourth-order valence-electron chi connectivity index (χ4n) is 3.57. The Hall–Kier alpha value is -2.93. The lowest BCUT2D eigenvalue weighted by atomic mass is 10.0. The lowest BCUT2D eigenvalue weighted by Crippen LogP contribution is -2.60. The number of nitrogens with zero attached hydrogens (tertiary/aromatic N) is 4. The molecule has 4 heterocycles. The van der Waals surface area contributed by atoms with E-state index in [0.717, 1.165) is 15.5 Å². The second-order valence-corrected chi connectivity index (χ2v) is 8.96. The predicted octanol–water partition coefficient (Wildman–Crippen LogP) is 1.33. The molecule has 1 atom stereocenters. The summed E-state index contributed by atoms with van der Waals surface area (Å²) < 4.78 is 65.6. The summed E-state index contributed by atoms with van der Waals surface area (Å²) in [7, 11) is -3.78. The van der Waals surface area contributed by atoms with Crippen molar-refractivity contribution in [1.82, 2.24) is 24.5 Å². The van der Waals surface area contributed by atoms with Crippen molar-refractivity contribution in [3.05, 3.63) is 40.9 Å². The first-order valence-electron chi connectivity index (χ1n) is 8.85. The van der Waals surface area contributed by atoms with Gasteiger partial charge in [0.2, 0.25) is 15.6 Å². The van der Waals surface area contributed by atoms with Crippen LogP contribution in [0.15, 0.2) is 35.4 Å². The number of sulfonamides is 1. The average molecular weight is 442 g/mol. The first-order chi connectivity index (χ1) is 14.0. The summed E-state index contributed by atoms with van der Waals surface area (Å²) >= 11 is 0. The maximum atomic E-state index is 13.8. The van der Waals surface area contributed by atoms with Crippen molar-refractivity contribution in [2.45, 2.75) is 12.2 Å². The molecule has 1 unspecified atom stereocenters. The van der Waals surface area contributed by atoms with Crippen molar-refractivity contribution in [3.63, 3.8) is 0 Å². The van der Waals surface area contributed by atoms with Gasteiger partial charge in [-0.1, -0.05) is 0 Å². The van der Waals surface area contributed by atoms with E-state index in [1.54, 1.807) is 6.07 Å². The topological polar surface area (TPSA) is 115 Å². The molecule has 0 saturated carbocycles. The zero-order valence-electron chi connectivity index (χ0n) is 15.6. The molecule has 4 rings (SSSR count). The van der Waals surface area contributed by atoms with Gasteiger partial charge in [0.05, 0.1) is 12.5 Å². The molecule has 1 fully saturated rings. The average Bonchev–Trinajstić information content (AvgIpc) is 3.14. The summed E-state index contributed by atoms with van der Waals surface area (Å²) in [5.74, 6) is -0.0403. The van der Waals surface area contributed by atoms with E-state index in [1.807, 2.05) is 0 Å². The monoisotopic (exact) mass is 442 g/mol. The number of rotatable bonds is 3. The number of aromatic nitrogens is 4. The van der Waals surface area contributed by atoms with Gasteiger partial charge in [0.15, 0.2) is 5.65 Å². The third kappa shape index (κ3) is 3.77. The van der Waals surface area contributed by atoms with Crippen LogP contribution < -0.4 is 10.5 Å². The van der Waals surface area contributed by atoms with E-state index in [1.165, 1.54) is 24.5 Å². The van der Waals surface area contributed by atoms with Gasteiger partial charge in [-0.15, -0.1) is 0 Å². The third-order valence-corrected chi connectivity index (χ3v) is 6.26. The molecule has 13 heteroatoms. The Labute approximate surface area is 168 Å². The highest BCUT2D eigenvalue weighted by molar-refractivity contribution is 7.88. The van der Waals surface area contributed by atoms with E-state index < -0.39 is 34.3 Å². The normalized spacial score (nSPS) is 18.8. The van der Waals surface area contributed by atoms with Crippen LogP contribution in [0.5, 0.6) is 0 Å². The van der Waals surface area contributed by atoms with Gasteiger partial charge in [-0.05, 0) is 23.3 Å². The van der Waals surface area contributed by atoms with E-state index in [0.29, 0.717) is 22.2 Å². The van der Waals surface area contributed by atoms with Gasteiger partial charge >= 0.3 is 6.18 Å². The van der Waals surface area contributed by atoms with Gasteiger partial charge in [0.1, 0.15) is 11.9 Å². The molecule has 160 valence electrons. The second-order valence-electron chi connectivity index (χ2n) is 6.98. The summed E-state index contributed by atoms with van der Waals surface area (Å²) in [5, 5.41) is 7.22. The van der Waals surface area contributed by atoms with Crippen molar-refractivity contribution >= 4 is 26.9 Å². The first kappa shape index (κ1) is 20.3. The Bertz CT molecular complexity index is 1250. The first-order valence-corrected chi connectivity index (χ1v) is 10.7. The molecule has 0 bridgehead atoms. The standard InChI is InChI=1S/C17H17F3N6O3S/c1-30(28,29)25-4-5-26(13(9-25)17(18,19)20)14-6-10(7-15(27)23-14)11-2-3-21-16-12(11)8-22-24-16/h2-3,6-8,13H,4-5,9H2,1H3,(H,23,27)(H,21,22,24). The Morgan fingerprint density at radius 3 is 2.70 bits per heavy atom. The van der Waals surface area contributed by atoms with Gasteiger partial charge in [0.25, 0.3) is 0 Å². The van der Waals surface area contributed by atoms with Crippen LogP contribution in [0.1, 0.15) is 0 Å². The van der Waals surface area contributed by atoms with Gasteiger partial charge in [-0.2, -0.15) is 22.6 Å². The van der Waals surface area contributed by atoms with E-state index in [4.69, 9.17) is 0 Å². The highest BCUT2D eigenvalue weighted by Gasteiger charge is 2.48. The molecule has 0 radical (unpaired) electrons. The molecule has 1 aliphatic rings. The van der Waals surface area contributed by atoms with Crippen LogP contribution in [0.2, 0.25) is 0 Å². The quantitative estimate of drug-likeness (QED) is 0.632. The number of hydrogen-bond donors (Lipinski definition) is 2. The largest absolute Gasteiger partial charge is 0.410 e. The Morgan fingerprint density at radius 2 is 2.00 bits per heavy atom. The molecule has 0 aromatic carbocycles. The Balaban J connectivity index is 1.78. The molecule has 30 heavy (non-hydrogen) atoms. The molecule has 9 nitrogen and oxygen atoms in total. The lowest BCUT2D eigenvalue weighted by molar-refractivity contribution is -0.153. The van der Waals surface area contributed by atoms with Crippen molar-refractivity contribution in [2.75, 3.05) is 30.8 Å². The molecule has 0 spiro atoms. The summed E-state index contributed by atoms with van der Waals surface area (Å²) in [4.78, 5) is 19.8. The van der Waals surface area contributed by atoms with Gasteiger partial charge in [-0.25, -0.2) is 13.4 Å². The number of pyridine rings is 2. The van der Waals surface area contributed by atoms with Crippen LogP contribution in [0.25, 0.3) is 22.2 Å². The molecule has 3 aromatic heterocycles. The number of fused-ring (bicyclic) bond motifs is 1. The second kappa shape index (κ2) is 7.09. The maximum Gasteiger partial charge on any atom is 0.410 e. The van der Waals surface area contributed by atoms with E-state index >= 15 is 0 Å². The van der Waals surface area contributed by atoms with Crippen LogP contribution in [0.3, 0.4) is 0 Å². The third-order valence-electron chi connectivity index (χ3n) is 4.99. The number of piperazine rings is 1. The minimum absolute atomic E-state index is 0.0403. The van der Waals surface area contributed by atoms with Crippen LogP contribution in [-0.2, 0) is 10.0 Å². The summed E-state index contributed by atoms with van der Waals surface area (Å²) in [6, 6.07) is 2.26. The number of anilines is 1. The van der Waals surface area contributed by atoms with Gasteiger partial charge < -0.3 is 9.88 Å². The van der Waals surface area contributed by atoms with Crippen LogP contribution >= 0.6 is 0 Å². The molecule has 0 aliphatic carbocycles. The maximum absolute atomic E-state index is 13.8. The molecule has 0 amide bonds. The molecular weight excluding hydrogens is 425 g/mol. The molecular formula is C17H17F3N6O3S. The van der Waals surface area contributed by atoms with Gasteiger partial charge in [0, 0.05) is 37.3 Å². The fourth-order valence-corrected chi connectivity index (χ4v) is 4.39. The van der Waals surface area contributed by atoms with Crippen LogP contribution in [0, 0.1) is 0 Å². The Morgan fingerprint density at radius 1 is 1.23 bits per heavy atom. The number of H-pyrrole nitrogens is 2. The number of aromatic amines is 2. The predicted molar refractivity (Wildman–Crippen MR) is 104 cm³/mol. The summed E-state index contributed by atoms with van der Waals surface area (Å²) in [6.07, 6.45) is -0.815. The molecule has 2 N–H and O–H groups in total. The van der Waals surface area contributed by atoms with Crippen molar-refractivity contribution in [2.24, 2.45) is 0 Å². The van der Waals surface area contributed by atoms with Crippen molar-refractivity contribution in [1.29, 1.82) is 0 Å². The number of nitrogens with one attached hydrogen (secondary N) is 2. The van der Waals surface area contributed by atoms with Gasteiger partial charge in [-0.3, -0.25) is 9.89 Å². The van der Waals surface area contributed by atoms with Crippen LogP contribution in [0.4, 0.5) is 19.0 Å². The van der Waals surface area contributed by atoms with E-state index in [2.05, 4.69) is 20.2 Å². The van der Waals surface area contributed by atoms with Crippen molar-refractivity contribution in [3.8, 4) is 11.1 Å². The Kier molecular flexibility index (Phi) is 4.81. The zero-order chi connectivity index (χ0) is 21.7. The smallest absolute Gasteiger partial charge is 0.344 e. The van der Waals surface area contributed by atoms with Crippen molar-refractivity contribution < 1.29 is 21.6 Å². The number of hydrogen-bond acceptors (Lipinski definition) is 6. The fraction of sp³-hybridized carbons (Fsp3) is 0.353.